The fourth-order valence-electron chi connectivity index (χ4n) is 3.41. The van der Waals surface area contributed by atoms with Crippen molar-refractivity contribution in [2.75, 3.05) is 27.2 Å². The molecule has 1 saturated carbocycles. The lowest BCUT2D eigenvalue weighted by Crippen LogP contribution is -2.49. The third-order valence-corrected chi connectivity index (χ3v) is 4.69. The molecule has 6 nitrogen and oxygen atoms in total. The van der Waals surface area contributed by atoms with Gasteiger partial charge in [-0.15, -0.1) is 0 Å². The summed E-state index contributed by atoms with van der Waals surface area (Å²) >= 11 is 0. The Bertz CT molecular complexity index is 607. The summed E-state index contributed by atoms with van der Waals surface area (Å²) in [5, 5.41) is 16.1. The van der Waals surface area contributed by atoms with E-state index in [2.05, 4.69) is 15.6 Å². The van der Waals surface area contributed by atoms with Gasteiger partial charge in [-0.25, -0.2) is 4.99 Å². The first-order valence-electron chi connectivity index (χ1n) is 8.99. The predicted molar refractivity (Wildman–Crippen MR) is 101 cm³/mol. The average molecular weight is 346 g/mol. The number of phenols is 1. The molecule has 138 valence electrons. The summed E-state index contributed by atoms with van der Waals surface area (Å²) in [6, 6.07) is 7.10. The molecule has 0 heterocycles. The summed E-state index contributed by atoms with van der Waals surface area (Å²) < 4.78 is 0. The van der Waals surface area contributed by atoms with Gasteiger partial charge in [0.25, 0.3) is 0 Å². The first kappa shape index (κ1) is 19.1. The lowest BCUT2D eigenvalue weighted by atomic mass is 9.84. The van der Waals surface area contributed by atoms with Crippen molar-refractivity contribution in [2.24, 2.45) is 10.4 Å². The van der Waals surface area contributed by atoms with Gasteiger partial charge < -0.3 is 20.6 Å². The van der Waals surface area contributed by atoms with Crippen LogP contribution in [0, 0.1) is 5.41 Å². The summed E-state index contributed by atoms with van der Waals surface area (Å²) in [4.78, 5) is 18.9. The van der Waals surface area contributed by atoms with Crippen LogP contribution >= 0.6 is 0 Å². The van der Waals surface area contributed by atoms with E-state index in [-0.39, 0.29) is 17.1 Å². The number of phenolic OH excluding ortho intramolecular Hbond substituents is 1. The highest BCUT2D eigenvalue weighted by Crippen LogP contribution is 2.38. The molecular weight excluding hydrogens is 316 g/mol. The number of hydrogen-bond acceptors (Lipinski definition) is 3. The molecule has 3 N–H and O–H groups in total. The van der Waals surface area contributed by atoms with Crippen molar-refractivity contribution in [1.82, 2.24) is 15.5 Å². The smallest absolute Gasteiger partial charge is 0.230 e. The van der Waals surface area contributed by atoms with Crippen LogP contribution in [0.25, 0.3) is 0 Å². The van der Waals surface area contributed by atoms with Gasteiger partial charge in [-0.1, -0.05) is 25.0 Å². The summed E-state index contributed by atoms with van der Waals surface area (Å²) in [5.41, 5.74) is 0.613. The van der Waals surface area contributed by atoms with Crippen LogP contribution in [-0.4, -0.2) is 49.1 Å². The van der Waals surface area contributed by atoms with E-state index < -0.39 is 0 Å². The van der Waals surface area contributed by atoms with Crippen LogP contribution in [0.5, 0.6) is 5.75 Å². The highest BCUT2D eigenvalue weighted by molar-refractivity contribution is 5.85. The number of nitrogens with one attached hydrogen (secondary N) is 2. The number of nitrogens with zero attached hydrogens (tertiary/aromatic N) is 2. The van der Waals surface area contributed by atoms with E-state index in [0.29, 0.717) is 19.0 Å². The maximum absolute atomic E-state index is 12.7. The minimum atomic E-state index is -0.329. The van der Waals surface area contributed by atoms with Gasteiger partial charge in [0.1, 0.15) is 5.75 Å². The fourth-order valence-corrected chi connectivity index (χ4v) is 3.41. The Morgan fingerprint density at radius 1 is 1.28 bits per heavy atom. The van der Waals surface area contributed by atoms with Crippen molar-refractivity contribution >= 4 is 11.9 Å². The lowest BCUT2D eigenvalue weighted by molar-refractivity contribution is -0.138. The van der Waals surface area contributed by atoms with E-state index in [4.69, 9.17) is 0 Å². The Morgan fingerprint density at radius 3 is 2.60 bits per heavy atom. The van der Waals surface area contributed by atoms with E-state index in [9.17, 15) is 9.90 Å². The molecule has 25 heavy (non-hydrogen) atoms. The fraction of sp³-hybridized carbons (Fsp3) is 0.579. The summed E-state index contributed by atoms with van der Waals surface area (Å²) in [7, 11) is 3.65. The van der Waals surface area contributed by atoms with Crippen molar-refractivity contribution < 1.29 is 9.90 Å². The van der Waals surface area contributed by atoms with E-state index in [1.54, 1.807) is 17.0 Å². The Balaban J connectivity index is 2.04. The summed E-state index contributed by atoms with van der Waals surface area (Å²) in [5.74, 6) is 1.14. The molecule has 1 fully saturated rings. The average Bonchev–Trinajstić information content (AvgIpc) is 3.06. The van der Waals surface area contributed by atoms with Gasteiger partial charge in [-0.3, -0.25) is 4.79 Å². The van der Waals surface area contributed by atoms with Crippen LogP contribution in [-0.2, 0) is 11.3 Å². The number of rotatable bonds is 6. The van der Waals surface area contributed by atoms with Crippen molar-refractivity contribution in [3.8, 4) is 5.75 Å². The summed E-state index contributed by atoms with van der Waals surface area (Å²) in [6.07, 6.45) is 4.03. The topological polar surface area (TPSA) is 77.0 Å². The molecule has 0 unspecified atom stereocenters. The molecule has 0 radical (unpaired) electrons. The van der Waals surface area contributed by atoms with Crippen LogP contribution in [0.2, 0.25) is 0 Å². The number of amides is 1. The van der Waals surface area contributed by atoms with Gasteiger partial charge in [0.15, 0.2) is 5.96 Å². The summed E-state index contributed by atoms with van der Waals surface area (Å²) in [6.45, 7) is 3.83. The van der Waals surface area contributed by atoms with E-state index in [1.807, 2.05) is 33.2 Å². The zero-order chi connectivity index (χ0) is 18.3. The third-order valence-electron chi connectivity index (χ3n) is 4.69. The van der Waals surface area contributed by atoms with Gasteiger partial charge in [-0.2, -0.15) is 0 Å². The number of aromatic hydroxyl groups is 1. The molecule has 1 aromatic rings. The first-order chi connectivity index (χ1) is 12.0. The molecule has 1 aliphatic carbocycles. The van der Waals surface area contributed by atoms with Crippen molar-refractivity contribution in [3.05, 3.63) is 29.8 Å². The van der Waals surface area contributed by atoms with Crippen LogP contribution in [0.1, 0.15) is 38.2 Å². The van der Waals surface area contributed by atoms with Crippen LogP contribution in [0.4, 0.5) is 0 Å². The predicted octanol–water partition coefficient (Wildman–Crippen LogP) is 2.10. The SMILES string of the molecule is CCNC(=NCc1cccc(O)c1)NCC1(C(=O)N(C)C)CCCC1. The molecular formula is C19H30N4O2. The molecule has 2 rings (SSSR count). The monoisotopic (exact) mass is 346 g/mol. The number of guanidine groups is 1. The van der Waals surface area contributed by atoms with Crippen LogP contribution in [0.3, 0.4) is 0 Å². The Morgan fingerprint density at radius 2 is 2.00 bits per heavy atom. The minimum absolute atomic E-state index is 0.196. The molecule has 0 aromatic heterocycles. The number of hydrogen-bond donors (Lipinski definition) is 3. The Kier molecular flexibility index (Phi) is 6.67. The second-order valence-corrected chi connectivity index (χ2v) is 6.91. The van der Waals surface area contributed by atoms with Gasteiger partial charge in [-0.05, 0) is 37.5 Å². The van der Waals surface area contributed by atoms with E-state index in [1.165, 1.54) is 0 Å². The first-order valence-corrected chi connectivity index (χ1v) is 8.99. The number of carbonyl (C=O) groups excluding carboxylic acids is 1. The van der Waals surface area contributed by atoms with Gasteiger partial charge in [0.2, 0.25) is 5.91 Å². The Hall–Kier alpha value is -2.24. The van der Waals surface area contributed by atoms with Crippen LogP contribution in [0.15, 0.2) is 29.3 Å². The largest absolute Gasteiger partial charge is 0.508 e. The molecule has 0 spiro atoms. The molecule has 0 saturated heterocycles. The van der Waals surface area contributed by atoms with E-state index >= 15 is 0 Å². The third kappa shape index (κ3) is 5.11. The second kappa shape index (κ2) is 8.74. The van der Waals surface area contributed by atoms with E-state index in [0.717, 1.165) is 37.8 Å². The molecule has 0 atom stereocenters. The minimum Gasteiger partial charge on any atom is -0.508 e. The van der Waals surface area contributed by atoms with Gasteiger partial charge in [0, 0.05) is 27.2 Å². The molecule has 0 aliphatic heterocycles. The number of benzene rings is 1. The van der Waals surface area contributed by atoms with Gasteiger partial charge >= 0.3 is 0 Å². The standard InChI is InChI=1S/C19H30N4O2/c1-4-20-18(21-13-15-8-7-9-16(24)12-15)22-14-19(10-5-6-11-19)17(25)23(2)3/h7-9,12,24H,4-6,10-11,13-14H2,1-3H3,(H2,20,21,22). The van der Waals surface area contributed by atoms with Crippen molar-refractivity contribution in [3.63, 3.8) is 0 Å². The zero-order valence-corrected chi connectivity index (χ0v) is 15.5. The molecule has 6 heteroatoms. The maximum Gasteiger partial charge on any atom is 0.230 e. The normalized spacial score (nSPS) is 16.5. The Labute approximate surface area is 150 Å². The molecule has 0 bridgehead atoms. The highest BCUT2D eigenvalue weighted by Gasteiger charge is 2.42. The maximum atomic E-state index is 12.7. The quantitative estimate of drug-likeness (QED) is 0.544. The zero-order valence-electron chi connectivity index (χ0n) is 15.5. The highest BCUT2D eigenvalue weighted by atomic mass is 16.3. The number of carbonyl (C=O) groups is 1. The van der Waals surface area contributed by atoms with Crippen LogP contribution < -0.4 is 10.6 Å². The van der Waals surface area contributed by atoms with Crippen molar-refractivity contribution in [1.29, 1.82) is 0 Å². The molecule has 1 aromatic carbocycles. The van der Waals surface area contributed by atoms with Gasteiger partial charge in [0.05, 0.1) is 12.0 Å². The van der Waals surface area contributed by atoms with Crippen molar-refractivity contribution in [2.45, 2.75) is 39.2 Å². The lowest BCUT2D eigenvalue weighted by Gasteiger charge is -2.31. The molecule has 1 amide bonds. The second-order valence-electron chi connectivity index (χ2n) is 6.91. The number of aliphatic imine (C=N–C) groups is 1. The molecule has 1 aliphatic rings.